The zero-order valence-corrected chi connectivity index (χ0v) is 27.3. The van der Waals surface area contributed by atoms with Crippen LogP contribution in [0, 0.1) is 45.3 Å². The maximum atomic E-state index is 16.0. The van der Waals surface area contributed by atoms with E-state index < -0.39 is 34.9 Å². The van der Waals surface area contributed by atoms with Gasteiger partial charge in [-0.3, -0.25) is 0 Å². The monoisotopic (exact) mass is 720 g/mol. The van der Waals surface area contributed by atoms with Crippen molar-refractivity contribution < 1.29 is 26.3 Å². The fourth-order valence-corrected chi connectivity index (χ4v) is 7.14. The van der Waals surface area contributed by atoms with Crippen LogP contribution in [0.5, 0.6) is 0 Å². The van der Waals surface area contributed by atoms with Crippen molar-refractivity contribution in [2.24, 2.45) is 0 Å². The molecule has 12 heteroatoms. The Morgan fingerprint density at radius 2 is 0.778 bits per heavy atom. The maximum Gasteiger partial charge on any atom is 0.420 e. The van der Waals surface area contributed by atoms with Crippen LogP contribution in [0.15, 0.2) is 109 Å². The van der Waals surface area contributed by atoms with Gasteiger partial charge in [-0.1, -0.05) is 12.1 Å². The molecule has 0 spiro atoms. The zero-order chi connectivity index (χ0) is 38.1. The highest BCUT2D eigenvalue weighted by Gasteiger charge is 2.40. The Bertz CT molecular complexity index is 2770. The van der Waals surface area contributed by atoms with E-state index in [9.17, 15) is 34.2 Å². The lowest BCUT2D eigenvalue weighted by molar-refractivity contribution is -0.138. The molecule has 0 radical (unpaired) electrons. The molecule has 0 amide bonds. The molecule has 0 aliphatic rings. The first kappa shape index (κ1) is 33.6. The summed E-state index contributed by atoms with van der Waals surface area (Å²) in [7, 11) is 0. The van der Waals surface area contributed by atoms with Gasteiger partial charge >= 0.3 is 12.4 Å². The number of hydrogen-bond acceptors (Lipinski definition) is 4. The van der Waals surface area contributed by atoms with Crippen molar-refractivity contribution in [1.82, 2.24) is 9.13 Å². The molecule has 2 aromatic heterocycles. The quantitative estimate of drug-likeness (QED) is 0.169. The minimum absolute atomic E-state index is 0.0142. The number of halogens is 6. The first-order valence-corrected chi connectivity index (χ1v) is 16.0. The molecule has 0 saturated carbocycles. The average molecular weight is 721 g/mol. The van der Waals surface area contributed by atoms with Crippen LogP contribution in [0.4, 0.5) is 26.3 Å². The second-order valence-corrected chi connectivity index (χ2v) is 12.5. The zero-order valence-electron chi connectivity index (χ0n) is 27.3. The van der Waals surface area contributed by atoms with E-state index in [4.69, 9.17) is 0 Å². The molecular weight excluding hydrogens is 702 g/mol. The van der Waals surface area contributed by atoms with Crippen LogP contribution in [0.2, 0.25) is 0 Å². The second-order valence-electron chi connectivity index (χ2n) is 12.5. The van der Waals surface area contributed by atoms with E-state index >= 15 is 13.2 Å². The first-order valence-electron chi connectivity index (χ1n) is 16.0. The molecular formula is C42H18F6N6. The topological polar surface area (TPSA) is 105 Å². The van der Waals surface area contributed by atoms with Gasteiger partial charge in [0.25, 0.3) is 0 Å². The predicted octanol–water partition coefficient (Wildman–Crippen LogP) is 11.1. The molecule has 6 aromatic carbocycles. The van der Waals surface area contributed by atoms with Crippen molar-refractivity contribution in [2.75, 3.05) is 0 Å². The van der Waals surface area contributed by atoms with E-state index in [0.29, 0.717) is 21.5 Å². The Kier molecular flexibility index (Phi) is 7.48. The summed E-state index contributed by atoms with van der Waals surface area (Å²) in [5.74, 6) is 0. The van der Waals surface area contributed by atoms with Gasteiger partial charge in [-0.15, -0.1) is 0 Å². The molecule has 0 aliphatic carbocycles. The van der Waals surface area contributed by atoms with E-state index in [1.54, 1.807) is 0 Å². The van der Waals surface area contributed by atoms with E-state index in [-0.39, 0.29) is 55.4 Å². The summed E-state index contributed by atoms with van der Waals surface area (Å²) in [5, 5.41) is 40.3. The molecule has 0 fully saturated rings. The third-order valence-electron chi connectivity index (χ3n) is 9.43. The van der Waals surface area contributed by atoms with Gasteiger partial charge < -0.3 is 9.13 Å². The molecule has 0 unspecified atom stereocenters. The van der Waals surface area contributed by atoms with Crippen molar-refractivity contribution in [3.63, 3.8) is 0 Å². The highest BCUT2D eigenvalue weighted by molar-refractivity contribution is 6.12. The van der Waals surface area contributed by atoms with Crippen LogP contribution in [0.1, 0.15) is 33.4 Å². The minimum Gasteiger partial charge on any atom is -0.309 e. The van der Waals surface area contributed by atoms with Crippen LogP contribution in [0.25, 0.3) is 66.1 Å². The standard InChI is InChI=1S/C42H18F6N6/c43-41(44,45)29-3-1-2-27(16-29)28-17-38(53-34-8-4-23(19-49)12-30(34)31-13-24(20-50)5-9-35(31)53)40(42(46,47)48)39(18-28)54-36-10-6-25(21-51)14-32(36)33-15-26(22-52)7-11-37(33)54/h1-18H. The third-order valence-corrected chi connectivity index (χ3v) is 9.43. The first-order chi connectivity index (χ1) is 25.8. The van der Waals surface area contributed by atoms with Crippen LogP contribution in [0.3, 0.4) is 0 Å². The lowest BCUT2D eigenvalue weighted by atomic mass is 9.97. The number of alkyl halides is 6. The number of rotatable bonds is 3. The van der Waals surface area contributed by atoms with Crippen molar-refractivity contribution in [1.29, 1.82) is 21.0 Å². The molecule has 8 rings (SSSR count). The largest absolute Gasteiger partial charge is 0.420 e. The maximum absolute atomic E-state index is 16.0. The lowest BCUT2D eigenvalue weighted by Crippen LogP contribution is -2.16. The third kappa shape index (κ3) is 5.25. The van der Waals surface area contributed by atoms with Gasteiger partial charge in [0.05, 0.1) is 85.5 Å². The number of fused-ring (bicyclic) bond motifs is 6. The van der Waals surface area contributed by atoms with Crippen molar-refractivity contribution in [3.8, 4) is 46.8 Å². The highest BCUT2D eigenvalue weighted by Crippen LogP contribution is 2.47. The van der Waals surface area contributed by atoms with Crippen LogP contribution in [-0.4, -0.2) is 9.13 Å². The lowest BCUT2D eigenvalue weighted by Gasteiger charge is -2.23. The molecule has 54 heavy (non-hydrogen) atoms. The highest BCUT2D eigenvalue weighted by atomic mass is 19.4. The van der Waals surface area contributed by atoms with Gasteiger partial charge in [0.15, 0.2) is 0 Å². The Hall–Kier alpha value is -7.54. The predicted molar refractivity (Wildman–Crippen MR) is 189 cm³/mol. The normalized spacial score (nSPS) is 11.8. The molecule has 2 heterocycles. The number of hydrogen-bond donors (Lipinski definition) is 0. The summed E-state index contributed by atoms with van der Waals surface area (Å²) >= 11 is 0. The van der Waals surface area contributed by atoms with E-state index in [0.717, 1.165) is 12.1 Å². The van der Waals surface area contributed by atoms with Crippen LogP contribution >= 0.6 is 0 Å². The van der Waals surface area contributed by atoms with Gasteiger partial charge in [0.1, 0.15) is 5.56 Å². The fraction of sp³-hybridized carbons (Fsp3) is 0.0476. The van der Waals surface area contributed by atoms with Gasteiger partial charge in [0.2, 0.25) is 0 Å². The number of nitriles is 4. The van der Waals surface area contributed by atoms with Crippen molar-refractivity contribution in [2.45, 2.75) is 12.4 Å². The van der Waals surface area contributed by atoms with Gasteiger partial charge in [-0.05, 0) is 108 Å². The summed E-state index contributed by atoms with van der Waals surface area (Å²) in [6.45, 7) is 0. The molecule has 0 N–H and O–H groups in total. The van der Waals surface area contributed by atoms with E-state index in [2.05, 4.69) is 0 Å². The Labute approximate surface area is 301 Å². The summed E-state index contributed by atoms with van der Waals surface area (Å²) in [4.78, 5) is 0. The SMILES string of the molecule is N#Cc1ccc2c(c1)c1cc(C#N)ccc1n2-c1cc(-c2cccc(C(F)(F)F)c2)cc(-n2c3ccc(C#N)cc3c3cc(C#N)ccc32)c1C(F)(F)F. The fourth-order valence-electron chi connectivity index (χ4n) is 7.14. The minimum atomic E-state index is -5.08. The van der Waals surface area contributed by atoms with E-state index in [1.165, 1.54) is 106 Å². The molecule has 0 saturated heterocycles. The Balaban J connectivity index is 1.60. The van der Waals surface area contributed by atoms with Gasteiger partial charge in [-0.2, -0.15) is 47.4 Å². The van der Waals surface area contributed by atoms with Crippen molar-refractivity contribution >= 4 is 43.6 Å². The molecule has 8 aromatic rings. The molecule has 0 bridgehead atoms. The number of aromatic nitrogens is 2. The average Bonchev–Trinajstić information content (AvgIpc) is 3.67. The van der Waals surface area contributed by atoms with Gasteiger partial charge in [0, 0.05) is 21.5 Å². The Morgan fingerprint density at radius 1 is 0.407 bits per heavy atom. The summed E-state index contributed by atoms with van der Waals surface area (Å²) in [6, 6.07) is 32.6. The van der Waals surface area contributed by atoms with Crippen molar-refractivity contribution in [3.05, 3.63) is 143 Å². The second kappa shape index (κ2) is 12.0. The molecule has 0 aliphatic heterocycles. The van der Waals surface area contributed by atoms with Crippen LogP contribution in [-0.2, 0) is 12.4 Å². The Morgan fingerprint density at radius 3 is 1.09 bits per heavy atom. The smallest absolute Gasteiger partial charge is 0.309 e. The molecule has 0 atom stereocenters. The number of nitrogens with zero attached hydrogens (tertiary/aromatic N) is 6. The van der Waals surface area contributed by atoms with E-state index in [1.807, 2.05) is 24.3 Å². The molecule has 6 nitrogen and oxygen atoms in total. The van der Waals surface area contributed by atoms with Crippen LogP contribution < -0.4 is 0 Å². The van der Waals surface area contributed by atoms with Gasteiger partial charge in [-0.25, -0.2) is 0 Å². The molecule has 258 valence electrons. The number of benzene rings is 6. The summed E-state index contributed by atoms with van der Waals surface area (Å²) < 4.78 is 92.6. The summed E-state index contributed by atoms with van der Waals surface area (Å²) in [6.07, 6.45) is -9.83. The summed E-state index contributed by atoms with van der Waals surface area (Å²) in [5.41, 5.74) is -1.13.